The van der Waals surface area contributed by atoms with E-state index in [1.807, 2.05) is 30.3 Å². The topological polar surface area (TPSA) is 79.2 Å². The number of hydrogen-bond donors (Lipinski definition) is 1. The third-order valence-electron chi connectivity index (χ3n) is 5.82. The quantitative estimate of drug-likeness (QED) is 0.607. The molecule has 0 spiro atoms. The number of carbonyl (C=O) groups excluding carboxylic acids is 4. The monoisotopic (exact) mass is 426 g/mol. The average Bonchev–Trinajstić information content (AvgIpc) is 3.21. The number of quaternary nitrogens is 1. The van der Waals surface area contributed by atoms with E-state index in [0.29, 0.717) is 28.8 Å². The van der Waals surface area contributed by atoms with Gasteiger partial charge in [-0.15, -0.1) is 0 Å². The van der Waals surface area contributed by atoms with Crippen LogP contribution >= 0.6 is 0 Å². The minimum Gasteiger partial charge on any atom is -0.296 e. The van der Waals surface area contributed by atoms with Crippen LogP contribution in [-0.2, 0) is 6.54 Å². The highest BCUT2D eigenvalue weighted by molar-refractivity contribution is 6.22. The molecule has 1 N–H and O–H groups in total. The van der Waals surface area contributed by atoms with Gasteiger partial charge in [0.15, 0.2) is 13.3 Å². The van der Waals surface area contributed by atoms with Gasteiger partial charge in [0, 0.05) is 5.56 Å². The Morgan fingerprint density at radius 3 is 1.22 bits per heavy atom. The second-order valence-corrected chi connectivity index (χ2v) is 7.90. The second kappa shape index (κ2) is 7.86. The van der Waals surface area contributed by atoms with Crippen LogP contribution in [0.4, 0.5) is 0 Å². The summed E-state index contributed by atoms with van der Waals surface area (Å²) in [7, 11) is 0. The van der Waals surface area contributed by atoms with Gasteiger partial charge in [-0.1, -0.05) is 54.6 Å². The maximum atomic E-state index is 12.9. The molecule has 7 nitrogen and oxygen atoms in total. The first-order valence-corrected chi connectivity index (χ1v) is 10.3. The molecule has 0 bridgehead atoms. The van der Waals surface area contributed by atoms with E-state index in [-0.39, 0.29) is 37.0 Å². The molecule has 0 radical (unpaired) electrons. The lowest BCUT2D eigenvalue weighted by molar-refractivity contribution is -0.927. The minimum absolute atomic E-state index is 0.0364. The van der Waals surface area contributed by atoms with Crippen LogP contribution in [0.1, 0.15) is 47.0 Å². The summed E-state index contributed by atoms with van der Waals surface area (Å²) >= 11 is 0. The second-order valence-electron chi connectivity index (χ2n) is 7.90. The first kappa shape index (κ1) is 19.8. The summed E-state index contributed by atoms with van der Waals surface area (Å²) < 4.78 is 0. The number of imide groups is 2. The number of nitrogens with one attached hydrogen (secondary N) is 1. The third kappa shape index (κ3) is 3.29. The zero-order valence-corrected chi connectivity index (χ0v) is 17.2. The first-order valence-electron chi connectivity index (χ1n) is 10.3. The molecule has 0 aromatic heterocycles. The Balaban J connectivity index is 1.42. The average molecular weight is 426 g/mol. The van der Waals surface area contributed by atoms with Gasteiger partial charge < -0.3 is 0 Å². The number of fused-ring (bicyclic) bond motifs is 2. The molecule has 32 heavy (non-hydrogen) atoms. The molecule has 0 saturated heterocycles. The van der Waals surface area contributed by atoms with Crippen molar-refractivity contribution >= 4 is 23.6 Å². The van der Waals surface area contributed by atoms with Gasteiger partial charge in [-0.3, -0.25) is 24.1 Å². The lowest BCUT2D eigenvalue weighted by atomic mass is 10.1. The van der Waals surface area contributed by atoms with Crippen molar-refractivity contribution in [3.8, 4) is 0 Å². The van der Waals surface area contributed by atoms with Crippen LogP contribution in [0.2, 0.25) is 0 Å². The Morgan fingerprint density at radius 2 is 0.844 bits per heavy atom. The van der Waals surface area contributed by atoms with Gasteiger partial charge in [0.1, 0.15) is 6.54 Å². The van der Waals surface area contributed by atoms with Crippen molar-refractivity contribution in [3.63, 3.8) is 0 Å². The normalized spacial score (nSPS) is 15.0. The van der Waals surface area contributed by atoms with E-state index < -0.39 is 0 Å². The summed E-state index contributed by atoms with van der Waals surface area (Å²) in [6.07, 6.45) is 0. The Hall–Kier alpha value is -4.10. The van der Waals surface area contributed by atoms with Crippen LogP contribution in [0.15, 0.2) is 78.9 Å². The highest BCUT2D eigenvalue weighted by Crippen LogP contribution is 2.23. The lowest BCUT2D eigenvalue weighted by Gasteiger charge is -2.27. The highest BCUT2D eigenvalue weighted by Gasteiger charge is 2.41. The van der Waals surface area contributed by atoms with Crippen molar-refractivity contribution in [2.45, 2.75) is 6.54 Å². The van der Waals surface area contributed by atoms with Crippen LogP contribution in [0.3, 0.4) is 0 Å². The van der Waals surface area contributed by atoms with Gasteiger partial charge in [0.05, 0.1) is 22.3 Å². The molecule has 3 aromatic rings. The summed E-state index contributed by atoms with van der Waals surface area (Å²) in [6, 6.07) is 23.0. The molecule has 4 amide bonds. The van der Waals surface area contributed by atoms with Crippen molar-refractivity contribution in [1.82, 2.24) is 9.80 Å². The maximum absolute atomic E-state index is 12.9. The fourth-order valence-corrected chi connectivity index (χ4v) is 4.26. The van der Waals surface area contributed by atoms with Crippen molar-refractivity contribution in [3.05, 3.63) is 107 Å². The number of rotatable bonds is 6. The van der Waals surface area contributed by atoms with Gasteiger partial charge in [-0.2, -0.15) is 0 Å². The summed E-state index contributed by atoms with van der Waals surface area (Å²) in [5, 5.41) is 0. The summed E-state index contributed by atoms with van der Waals surface area (Å²) in [5.41, 5.74) is 2.46. The van der Waals surface area contributed by atoms with E-state index in [1.54, 1.807) is 48.5 Å². The molecule has 2 heterocycles. The fraction of sp³-hybridized carbons (Fsp3) is 0.120. The van der Waals surface area contributed by atoms with Crippen LogP contribution in [0.25, 0.3) is 0 Å². The molecule has 2 aliphatic heterocycles. The molecule has 158 valence electrons. The number of carbonyl (C=O) groups is 4. The largest absolute Gasteiger partial charge is 0.296 e. The molecule has 3 aromatic carbocycles. The summed E-state index contributed by atoms with van der Waals surface area (Å²) in [5.74, 6) is -1.45. The number of nitrogens with zero attached hydrogens (tertiary/aromatic N) is 2. The molecule has 0 aliphatic carbocycles. The van der Waals surface area contributed by atoms with Crippen molar-refractivity contribution < 1.29 is 24.1 Å². The van der Waals surface area contributed by atoms with Gasteiger partial charge in [-0.05, 0) is 24.3 Å². The third-order valence-corrected chi connectivity index (χ3v) is 5.82. The van der Waals surface area contributed by atoms with E-state index in [1.165, 1.54) is 9.80 Å². The summed E-state index contributed by atoms with van der Waals surface area (Å²) in [4.78, 5) is 54.6. The Bertz CT molecular complexity index is 1110. The maximum Gasteiger partial charge on any atom is 0.265 e. The summed E-state index contributed by atoms with van der Waals surface area (Å²) in [6.45, 7) is 0.505. The van der Waals surface area contributed by atoms with Gasteiger partial charge >= 0.3 is 0 Å². The molecule has 0 unspecified atom stereocenters. The molecular formula is C25H20N3O4+. The van der Waals surface area contributed by atoms with Gasteiger partial charge in [0.25, 0.3) is 23.6 Å². The van der Waals surface area contributed by atoms with Crippen LogP contribution in [0.5, 0.6) is 0 Å². The molecular weight excluding hydrogens is 406 g/mol. The lowest BCUT2D eigenvalue weighted by Crippen LogP contribution is -3.14. The van der Waals surface area contributed by atoms with Gasteiger partial charge in [-0.25, -0.2) is 9.80 Å². The number of benzene rings is 3. The van der Waals surface area contributed by atoms with E-state index in [4.69, 9.17) is 0 Å². The number of hydrogen-bond acceptors (Lipinski definition) is 4. The smallest absolute Gasteiger partial charge is 0.265 e. The Labute approximate surface area is 184 Å². The molecule has 0 saturated carbocycles. The molecule has 7 heteroatoms. The first-order chi connectivity index (χ1) is 15.5. The Kier molecular flexibility index (Phi) is 4.88. The van der Waals surface area contributed by atoms with Crippen LogP contribution in [0, 0.1) is 0 Å². The predicted molar refractivity (Wildman–Crippen MR) is 115 cm³/mol. The number of amides is 4. The zero-order valence-electron chi connectivity index (χ0n) is 17.2. The molecule has 0 fully saturated rings. The van der Waals surface area contributed by atoms with E-state index in [2.05, 4.69) is 0 Å². The van der Waals surface area contributed by atoms with E-state index >= 15 is 0 Å². The highest BCUT2D eigenvalue weighted by atomic mass is 16.2. The standard InChI is InChI=1S/C25H19N3O4/c29-22-18-10-4-5-11-19(18)23(30)27(22)15-26(14-17-8-2-1-3-9-17)16-28-24(31)20-12-6-7-13-21(20)25(28)32/h1-13H,14-16H2/p+1. The van der Waals surface area contributed by atoms with Crippen molar-refractivity contribution in [2.24, 2.45) is 0 Å². The predicted octanol–water partition coefficient (Wildman–Crippen LogP) is 1.58. The van der Waals surface area contributed by atoms with Crippen LogP contribution in [-0.4, -0.2) is 46.8 Å². The van der Waals surface area contributed by atoms with E-state index in [0.717, 1.165) is 10.5 Å². The van der Waals surface area contributed by atoms with E-state index in [9.17, 15) is 19.2 Å². The van der Waals surface area contributed by atoms with Crippen molar-refractivity contribution in [2.75, 3.05) is 13.3 Å². The molecule has 2 aliphatic rings. The zero-order chi connectivity index (χ0) is 22.2. The van der Waals surface area contributed by atoms with Crippen molar-refractivity contribution in [1.29, 1.82) is 0 Å². The Morgan fingerprint density at radius 1 is 0.500 bits per heavy atom. The van der Waals surface area contributed by atoms with Gasteiger partial charge in [0.2, 0.25) is 0 Å². The molecule has 0 atom stereocenters. The SMILES string of the molecule is O=C1c2ccccc2C(=O)N1C[NH+](Cc1ccccc1)CN1C(=O)c2ccccc2C1=O. The fourth-order valence-electron chi connectivity index (χ4n) is 4.26. The minimum atomic E-state index is -0.362. The van der Waals surface area contributed by atoms with Crippen LogP contribution < -0.4 is 4.90 Å². The molecule has 5 rings (SSSR count).